The van der Waals surface area contributed by atoms with Crippen LogP contribution in [0.3, 0.4) is 0 Å². The van der Waals surface area contributed by atoms with Crippen molar-refractivity contribution in [1.82, 2.24) is 0 Å². The van der Waals surface area contributed by atoms with E-state index in [2.05, 4.69) is 49.1 Å². The van der Waals surface area contributed by atoms with Gasteiger partial charge in [0.2, 0.25) is 0 Å². The first kappa shape index (κ1) is 19.3. The van der Waals surface area contributed by atoms with Crippen molar-refractivity contribution in [3.8, 4) is 0 Å². The minimum absolute atomic E-state index is 0.699. The lowest BCUT2D eigenvalue weighted by Crippen LogP contribution is -2.45. The van der Waals surface area contributed by atoms with Gasteiger partial charge in [-0.3, -0.25) is 0 Å². The third-order valence-electron chi connectivity index (χ3n) is 5.72. The predicted octanol–water partition coefficient (Wildman–Crippen LogP) is 7.35. The summed E-state index contributed by atoms with van der Waals surface area (Å²) >= 11 is 0. The number of nitrogens with zero attached hydrogens (tertiary/aromatic N) is 1. The second-order valence-electron chi connectivity index (χ2n) is 7.79. The Morgan fingerprint density at radius 2 is 1.46 bits per heavy atom. The van der Waals surface area contributed by atoms with Gasteiger partial charge in [-0.2, -0.15) is 0 Å². The molecule has 1 saturated heterocycles. The van der Waals surface area contributed by atoms with Crippen LogP contribution >= 0.6 is 0 Å². The Morgan fingerprint density at radius 1 is 0.833 bits per heavy atom. The Labute approximate surface area is 150 Å². The molecule has 0 bridgehead atoms. The molecule has 1 fully saturated rings. The van der Waals surface area contributed by atoms with E-state index < -0.39 is 0 Å². The third-order valence-corrected chi connectivity index (χ3v) is 5.72. The Hall–Kier alpha value is -0.980. The zero-order chi connectivity index (χ0) is 17.0. The lowest BCUT2D eigenvalue weighted by atomic mass is 9.91. The number of anilines is 1. The van der Waals surface area contributed by atoms with Crippen LogP contribution < -0.4 is 4.90 Å². The lowest BCUT2D eigenvalue weighted by molar-refractivity contribution is 0.370. The molecule has 0 spiro atoms. The number of para-hydroxylation sites is 1. The predicted molar refractivity (Wildman–Crippen MR) is 108 cm³/mol. The van der Waals surface area contributed by atoms with Crippen molar-refractivity contribution in [2.45, 2.75) is 109 Å². The number of unbranched alkanes of at least 4 members (excludes halogenated alkanes) is 8. The molecule has 1 aromatic rings. The molecule has 0 aromatic heterocycles. The van der Waals surface area contributed by atoms with Gasteiger partial charge in [-0.15, -0.1) is 0 Å². The van der Waals surface area contributed by atoms with Crippen molar-refractivity contribution in [2.75, 3.05) is 4.90 Å². The van der Waals surface area contributed by atoms with Crippen molar-refractivity contribution in [3.63, 3.8) is 0 Å². The van der Waals surface area contributed by atoms with Crippen molar-refractivity contribution in [2.24, 2.45) is 0 Å². The van der Waals surface area contributed by atoms with Crippen LogP contribution in [0.1, 0.15) is 97.3 Å². The van der Waals surface area contributed by atoms with Crippen molar-refractivity contribution in [3.05, 3.63) is 30.3 Å². The minimum Gasteiger partial charge on any atom is -0.366 e. The first-order valence-corrected chi connectivity index (χ1v) is 10.7. The number of hydrogen-bond donors (Lipinski definition) is 0. The van der Waals surface area contributed by atoms with Gasteiger partial charge in [0.1, 0.15) is 0 Å². The van der Waals surface area contributed by atoms with Gasteiger partial charge in [0.25, 0.3) is 0 Å². The summed E-state index contributed by atoms with van der Waals surface area (Å²) in [6.07, 6.45) is 18.4. The molecule has 0 aliphatic carbocycles. The monoisotopic (exact) mass is 329 g/mol. The summed E-state index contributed by atoms with van der Waals surface area (Å²) in [6.45, 7) is 4.71. The largest absolute Gasteiger partial charge is 0.366 e. The molecule has 136 valence electrons. The molecule has 1 nitrogen and oxygen atoms in total. The highest BCUT2D eigenvalue weighted by molar-refractivity contribution is 5.48. The van der Waals surface area contributed by atoms with E-state index in [1.54, 1.807) is 0 Å². The van der Waals surface area contributed by atoms with Gasteiger partial charge >= 0.3 is 0 Å². The fourth-order valence-electron chi connectivity index (χ4n) is 4.33. The summed E-state index contributed by atoms with van der Waals surface area (Å²) in [4.78, 5) is 2.72. The molecule has 2 rings (SSSR count). The molecule has 1 aromatic carbocycles. The van der Waals surface area contributed by atoms with E-state index in [0.717, 1.165) is 6.04 Å². The molecule has 1 heteroatoms. The van der Waals surface area contributed by atoms with E-state index in [1.165, 1.54) is 89.2 Å². The van der Waals surface area contributed by atoms with E-state index in [1.807, 2.05) is 0 Å². The van der Waals surface area contributed by atoms with E-state index >= 15 is 0 Å². The van der Waals surface area contributed by atoms with Crippen LogP contribution in [0.2, 0.25) is 0 Å². The first-order valence-electron chi connectivity index (χ1n) is 10.7. The molecule has 0 saturated carbocycles. The average molecular weight is 330 g/mol. The van der Waals surface area contributed by atoms with E-state index in [9.17, 15) is 0 Å². The molecule has 0 unspecified atom stereocenters. The molecule has 0 amide bonds. The standard InChI is InChI=1S/C23H39N/c1-3-4-5-6-7-8-9-10-12-17-23-20-15-16-21(2)24(23)22-18-13-11-14-19-22/h11,13-14,18-19,21,23H,3-10,12,15-17,20H2,1-2H3/t21-,23-/m1/s1. The van der Waals surface area contributed by atoms with Crippen LogP contribution in [-0.4, -0.2) is 12.1 Å². The van der Waals surface area contributed by atoms with E-state index in [-0.39, 0.29) is 0 Å². The van der Waals surface area contributed by atoms with Crippen molar-refractivity contribution >= 4 is 5.69 Å². The quantitative estimate of drug-likeness (QED) is 0.383. The third kappa shape index (κ3) is 6.49. The Kier molecular flexibility index (Phi) is 9.31. The van der Waals surface area contributed by atoms with Gasteiger partial charge in [0.15, 0.2) is 0 Å². The van der Waals surface area contributed by atoms with Crippen LogP contribution in [0.5, 0.6) is 0 Å². The van der Waals surface area contributed by atoms with Gasteiger partial charge < -0.3 is 4.90 Å². The smallest absolute Gasteiger partial charge is 0.0371 e. The summed E-state index contributed by atoms with van der Waals surface area (Å²) < 4.78 is 0. The Morgan fingerprint density at radius 3 is 2.12 bits per heavy atom. The van der Waals surface area contributed by atoms with Crippen LogP contribution in [0, 0.1) is 0 Å². The van der Waals surface area contributed by atoms with Gasteiger partial charge in [0.05, 0.1) is 0 Å². The molecule has 1 aliphatic rings. The maximum atomic E-state index is 2.72. The Bertz CT molecular complexity index is 413. The number of piperidine rings is 1. The van der Waals surface area contributed by atoms with E-state index in [0.29, 0.717) is 6.04 Å². The topological polar surface area (TPSA) is 3.24 Å². The summed E-state index contributed by atoms with van der Waals surface area (Å²) in [6, 6.07) is 12.6. The average Bonchev–Trinajstić information content (AvgIpc) is 2.61. The van der Waals surface area contributed by atoms with Gasteiger partial charge in [-0.05, 0) is 44.7 Å². The maximum Gasteiger partial charge on any atom is 0.0371 e. The Balaban J connectivity index is 1.67. The van der Waals surface area contributed by atoms with Crippen LogP contribution in [0.15, 0.2) is 30.3 Å². The molecule has 1 aliphatic heterocycles. The summed E-state index contributed by atoms with van der Waals surface area (Å²) in [5, 5.41) is 0. The molecule has 24 heavy (non-hydrogen) atoms. The van der Waals surface area contributed by atoms with Gasteiger partial charge in [-0.1, -0.05) is 82.9 Å². The number of rotatable bonds is 11. The highest BCUT2D eigenvalue weighted by atomic mass is 15.2. The number of hydrogen-bond acceptors (Lipinski definition) is 1. The zero-order valence-electron chi connectivity index (χ0n) is 16.2. The highest BCUT2D eigenvalue weighted by Crippen LogP contribution is 2.31. The SMILES string of the molecule is CCCCCCCCCCC[C@@H]1CCC[C@@H](C)N1c1ccccc1. The lowest BCUT2D eigenvalue weighted by Gasteiger charge is -2.43. The van der Waals surface area contributed by atoms with Gasteiger partial charge in [0, 0.05) is 17.8 Å². The maximum absolute atomic E-state index is 2.72. The van der Waals surface area contributed by atoms with E-state index in [4.69, 9.17) is 0 Å². The molecular formula is C23H39N. The van der Waals surface area contributed by atoms with Crippen molar-refractivity contribution in [1.29, 1.82) is 0 Å². The molecule has 1 heterocycles. The first-order chi connectivity index (χ1) is 11.8. The summed E-state index contributed by atoms with van der Waals surface area (Å²) in [5.74, 6) is 0. The minimum atomic E-state index is 0.699. The van der Waals surface area contributed by atoms with Crippen LogP contribution in [-0.2, 0) is 0 Å². The van der Waals surface area contributed by atoms with Crippen molar-refractivity contribution < 1.29 is 0 Å². The van der Waals surface area contributed by atoms with Gasteiger partial charge in [-0.25, -0.2) is 0 Å². The van der Waals surface area contributed by atoms with Crippen LogP contribution in [0.4, 0.5) is 5.69 Å². The highest BCUT2D eigenvalue weighted by Gasteiger charge is 2.27. The second-order valence-corrected chi connectivity index (χ2v) is 7.79. The molecule has 0 radical (unpaired) electrons. The summed E-state index contributed by atoms with van der Waals surface area (Å²) in [7, 11) is 0. The fraction of sp³-hybridized carbons (Fsp3) is 0.739. The summed E-state index contributed by atoms with van der Waals surface area (Å²) in [5.41, 5.74) is 1.44. The molecular weight excluding hydrogens is 290 g/mol. The second kappa shape index (κ2) is 11.6. The number of benzene rings is 1. The fourth-order valence-corrected chi connectivity index (χ4v) is 4.33. The normalized spacial score (nSPS) is 21.2. The zero-order valence-corrected chi connectivity index (χ0v) is 16.2. The molecule has 0 N–H and O–H groups in total. The van der Waals surface area contributed by atoms with Crippen LogP contribution in [0.25, 0.3) is 0 Å². The molecule has 2 atom stereocenters.